The molecule has 0 aliphatic carbocycles. The first kappa shape index (κ1) is 10.9. The highest BCUT2D eigenvalue weighted by Gasteiger charge is 2.20. The quantitative estimate of drug-likeness (QED) is 0.633. The van der Waals surface area contributed by atoms with Gasteiger partial charge in [-0.15, -0.1) is 0 Å². The molecule has 78 valence electrons. The Morgan fingerprint density at radius 2 is 2.15 bits per heavy atom. The van der Waals surface area contributed by atoms with Crippen molar-refractivity contribution in [3.05, 3.63) is 0 Å². The Kier molecular flexibility index (Phi) is 3.66. The minimum atomic E-state index is -3.25. The summed E-state index contributed by atoms with van der Waals surface area (Å²) in [6.07, 6.45) is 1.95. The second-order valence-corrected chi connectivity index (χ2v) is 5.36. The first-order valence-corrected chi connectivity index (χ1v) is 5.87. The average molecular weight is 207 g/mol. The van der Waals surface area contributed by atoms with Crippen LogP contribution < -0.4 is 10.0 Å². The minimum absolute atomic E-state index is 0.0427. The van der Waals surface area contributed by atoms with Crippen LogP contribution in [0.4, 0.5) is 0 Å². The Morgan fingerprint density at radius 1 is 1.46 bits per heavy atom. The molecule has 13 heavy (non-hydrogen) atoms. The van der Waals surface area contributed by atoms with Crippen LogP contribution in [0.5, 0.6) is 0 Å². The molecule has 0 saturated carbocycles. The van der Waals surface area contributed by atoms with Gasteiger partial charge < -0.3 is 5.32 Å². The SMILES string of the molecule is CN(C)S(=O)(=O)N[C@@H]1CCCNC1. The van der Waals surface area contributed by atoms with Crippen LogP contribution in [0.3, 0.4) is 0 Å². The maximum absolute atomic E-state index is 11.4. The van der Waals surface area contributed by atoms with E-state index < -0.39 is 10.2 Å². The van der Waals surface area contributed by atoms with Crippen LogP contribution in [-0.2, 0) is 10.2 Å². The molecule has 0 spiro atoms. The zero-order chi connectivity index (χ0) is 9.90. The summed E-state index contributed by atoms with van der Waals surface area (Å²) in [5, 5.41) is 3.15. The van der Waals surface area contributed by atoms with Gasteiger partial charge in [0, 0.05) is 26.7 Å². The monoisotopic (exact) mass is 207 g/mol. The summed E-state index contributed by atoms with van der Waals surface area (Å²) >= 11 is 0. The van der Waals surface area contributed by atoms with Gasteiger partial charge >= 0.3 is 0 Å². The Hall–Kier alpha value is -0.170. The van der Waals surface area contributed by atoms with Gasteiger partial charge in [-0.2, -0.15) is 17.4 Å². The minimum Gasteiger partial charge on any atom is -0.315 e. The van der Waals surface area contributed by atoms with Gasteiger partial charge in [0.25, 0.3) is 10.2 Å². The normalized spacial score (nSPS) is 25.0. The van der Waals surface area contributed by atoms with Crippen LogP contribution in [0, 0.1) is 0 Å². The predicted octanol–water partition coefficient (Wildman–Crippen LogP) is -0.866. The van der Waals surface area contributed by atoms with Gasteiger partial charge in [-0.25, -0.2) is 0 Å². The van der Waals surface area contributed by atoms with Gasteiger partial charge in [-0.05, 0) is 19.4 Å². The van der Waals surface area contributed by atoms with Gasteiger partial charge in [-0.1, -0.05) is 0 Å². The molecule has 1 saturated heterocycles. The van der Waals surface area contributed by atoms with Crippen molar-refractivity contribution < 1.29 is 8.42 Å². The van der Waals surface area contributed by atoms with E-state index in [4.69, 9.17) is 0 Å². The fraction of sp³-hybridized carbons (Fsp3) is 1.00. The van der Waals surface area contributed by atoms with Crippen molar-refractivity contribution in [3.8, 4) is 0 Å². The lowest BCUT2D eigenvalue weighted by Crippen LogP contribution is -2.48. The first-order chi connectivity index (χ1) is 6.02. The van der Waals surface area contributed by atoms with E-state index in [2.05, 4.69) is 10.0 Å². The molecule has 1 rings (SSSR count). The number of hydrogen-bond donors (Lipinski definition) is 2. The highest BCUT2D eigenvalue weighted by atomic mass is 32.2. The zero-order valence-corrected chi connectivity index (χ0v) is 8.89. The van der Waals surface area contributed by atoms with Crippen LogP contribution in [0.2, 0.25) is 0 Å². The van der Waals surface area contributed by atoms with E-state index in [0.29, 0.717) is 0 Å². The molecule has 1 fully saturated rings. The molecular formula is C7H17N3O2S. The average Bonchev–Trinajstić information content (AvgIpc) is 2.05. The number of nitrogens with one attached hydrogen (secondary N) is 2. The fourth-order valence-electron chi connectivity index (χ4n) is 1.27. The molecule has 0 aromatic carbocycles. The molecule has 1 atom stereocenters. The standard InChI is InChI=1S/C7H17N3O2S/c1-10(2)13(11,12)9-7-4-3-5-8-6-7/h7-9H,3-6H2,1-2H3/t7-/m1/s1. The topological polar surface area (TPSA) is 61.4 Å². The fourth-order valence-corrected chi connectivity index (χ4v) is 2.10. The molecule has 0 radical (unpaired) electrons. The Labute approximate surface area is 79.7 Å². The zero-order valence-electron chi connectivity index (χ0n) is 8.08. The third-order valence-electron chi connectivity index (χ3n) is 2.09. The van der Waals surface area contributed by atoms with Crippen molar-refractivity contribution in [2.24, 2.45) is 0 Å². The highest BCUT2D eigenvalue weighted by molar-refractivity contribution is 7.87. The molecule has 0 amide bonds. The summed E-state index contributed by atoms with van der Waals surface area (Å²) in [5.41, 5.74) is 0. The van der Waals surface area contributed by atoms with E-state index in [1.165, 1.54) is 18.4 Å². The maximum Gasteiger partial charge on any atom is 0.279 e. The van der Waals surface area contributed by atoms with E-state index in [9.17, 15) is 8.42 Å². The molecular weight excluding hydrogens is 190 g/mol. The Bertz CT molecular complexity index is 244. The third kappa shape index (κ3) is 3.22. The smallest absolute Gasteiger partial charge is 0.279 e. The van der Waals surface area contributed by atoms with E-state index in [1.54, 1.807) is 0 Å². The molecule has 6 heteroatoms. The molecule has 1 aliphatic rings. The number of nitrogens with zero attached hydrogens (tertiary/aromatic N) is 1. The van der Waals surface area contributed by atoms with Crippen LogP contribution in [0.25, 0.3) is 0 Å². The summed E-state index contributed by atoms with van der Waals surface area (Å²) in [5.74, 6) is 0. The van der Waals surface area contributed by atoms with E-state index in [0.717, 1.165) is 25.9 Å². The maximum atomic E-state index is 11.4. The lowest BCUT2D eigenvalue weighted by atomic mass is 10.1. The Morgan fingerprint density at radius 3 is 2.62 bits per heavy atom. The van der Waals surface area contributed by atoms with Gasteiger partial charge in [-0.3, -0.25) is 0 Å². The van der Waals surface area contributed by atoms with Gasteiger partial charge in [0.2, 0.25) is 0 Å². The summed E-state index contributed by atoms with van der Waals surface area (Å²) in [4.78, 5) is 0. The lowest BCUT2D eigenvalue weighted by Gasteiger charge is -2.25. The van der Waals surface area contributed by atoms with Crippen molar-refractivity contribution in [1.29, 1.82) is 0 Å². The largest absolute Gasteiger partial charge is 0.315 e. The van der Waals surface area contributed by atoms with E-state index in [1.807, 2.05) is 0 Å². The van der Waals surface area contributed by atoms with Crippen molar-refractivity contribution >= 4 is 10.2 Å². The van der Waals surface area contributed by atoms with Crippen LogP contribution in [0.1, 0.15) is 12.8 Å². The number of hydrogen-bond acceptors (Lipinski definition) is 3. The van der Waals surface area contributed by atoms with Crippen LogP contribution in [0.15, 0.2) is 0 Å². The van der Waals surface area contributed by atoms with Crippen molar-refractivity contribution in [1.82, 2.24) is 14.3 Å². The third-order valence-corrected chi connectivity index (χ3v) is 3.69. The second-order valence-electron chi connectivity index (χ2n) is 3.45. The van der Waals surface area contributed by atoms with Gasteiger partial charge in [0.1, 0.15) is 0 Å². The number of piperidine rings is 1. The second kappa shape index (κ2) is 4.36. The molecule has 0 aromatic rings. The summed E-state index contributed by atoms with van der Waals surface area (Å²) in [6.45, 7) is 1.72. The lowest BCUT2D eigenvalue weighted by molar-refractivity contribution is 0.414. The molecule has 1 heterocycles. The molecule has 0 unspecified atom stereocenters. The summed E-state index contributed by atoms with van der Waals surface area (Å²) in [7, 11) is -0.202. The van der Waals surface area contributed by atoms with E-state index >= 15 is 0 Å². The molecule has 1 aliphatic heterocycles. The molecule has 2 N–H and O–H groups in total. The Balaban J connectivity index is 2.47. The van der Waals surface area contributed by atoms with Crippen LogP contribution >= 0.6 is 0 Å². The molecule has 0 bridgehead atoms. The van der Waals surface area contributed by atoms with Crippen LogP contribution in [-0.4, -0.2) is 45.9 Å². The summed E-state index contributed by atoms with van der Waals surface area (Å²) in [6, 6.07) is 0.0427. The van der Waals surface area contributed by atoms with E-state index in [-0.39, 0.29) is 6.04 Å². The van der Waals surface area contributed by atoms with Gasteiger partial charge in [0.05, 0.1) is 0 Å². The highest BCUT2D eigenvalue weighted by Crippen LogP contribution is 2.03. The summed E-state index contributed by atoms with van der Waals surface area (Å²) < 4.78 is 26.6. The molecule has 0 aromatic heterocycles. The predicted molar refractivity (Wildman–Crippen MR) is 51.6 cm³/mol. The first-order valence-electron chi connectivity index (χ1n) is 4.43. The van der Waals surface area contributed by atoms with Crippen molar-refractivity contribution in [2.45, 2.75) is 18.9 Å². The van der Waals surface area contributed by atoms with Crippen molar-refractivity contribution in [2.75, 3.05) is 27.2 Å². The van der Waals surface area contributed by atoms with Crippen molar-refractivity contribution in [3.63, 3.8) is 0 Å². The number of rotatable bonds is 3. The molecule has 5 nitrogen and oxygen atoms in total. The van der Waals surface area contributed by atoms with Gasteiger partial charge in [0.15, 0.2) is 0 Å².